The second-order valence-corrected chi connectivity index (χ2v) is 6.93. The molecule has 27 heavy (non-hydrogen) atoms. The number of amides is 2. The minimum absolute atomic E-state index is 0.183. The van der Waals surface area contributed by atoms with Gasteiger partial charge in [-0.1, -0.05) is 42.5 Å². The third-order valence-corrected chi connectivity index (χ3v) is 5.10. The Hall–Kier alpha value is -3.06. The van der Waals surface area contributed by atoms with Crippen molar-refractivity contribution in [2.45, 2.75) is 19.8 Å². The Morgan fingerprint density at radius 1 is 1.04 bits per heavy atom. The van der Waals surface area contributed by atoms with Gasteiger partial charge in [0.05, 0.1) is 5.69 Å². The predicted molar refractivity (Wildman–Crippen MR) is 103 cm³/mol. The molecule has 3 aromatic rings. The van der Waals surface area contributed by atoms with Crippen LogP contribution in [0.5, 0.6) is 0 Å². The third-order valence-electron chi connectivity index (χ3n) is 3.89. The maximum absolute atomic E-state index is 12.9. The minimum atomic E-state index is -0.401. The summed E-state index contributed by atoms with van der Waals surface area (Å²) in [5.74, 6) is -1.04. The van der Waals surface area contributed by atoms with E-state index in [1.807, 2.05) is 30.3 Å². The molecule has 0 bridgehead atoms. The quantitative estimate of drug-likeness (QED) is 0.661. The first kappa shape index (κ1) is 18.7. The first-order valence-corrected chi connectivity index (χ1v) is 9.21. The molecule has 0 aliphatic heterocycles. The first-order valence-electron chi connectivity index (χ1n) is 8.39. The molecule has 0 radical (unpaired) electrons. The van der Waals surface area contributed by atoms with E-state index in [-0.39, 0.29) is 18.1 Å². The van der Waals surface area contributed by atoms with Crippen molar-refractivity contribution in [3.05, 3.63) is 76.5 Å². The number of rotatable bonds is 5. The first-order chi connectivity index (χ1) is 13.0. The van der Waals surface area contributed by atoms with Gasteiger partial charge in [-0.2, -0.15) is 0 Å². The highest BCUT2D eigenvalue weighted by Crippen LogP contribution is 2.27. The summed E-state index contributed by atoms with van der Waals surface area (Å²) >= 11 is 1.27. The van der Waals surface area contributed by atoms with Crippen LogP contribution in [0.25, 0.3) is 10.6 Å². The summed E-state index contributed by atoms with van der Waals surface area (Å²) < 4.78 is 12.9. The van der Waals surface area contributed by atoms with Crippen LogP contribution in [0.3, 0.4) is 0 Å². The van der Waals surface area contributed by atoms with E-state index < -0.39 is 5.91 Å². The Labute approximate surface area is 160 Å². The summed E-state index contributed by atoms with van der Waals surface area (Å²) in [4.78, 5) is 29.1. The zero-order valence-corrected chi connectivity index (χ0v) is 15.5. The molecule has 7 heteroatoms. The number of carbonyl (C=O) groups excluding carboxylic acids is 2. The zero-order chi connectivity index (χ0) is 19.2. The van der Waals surface area contributed by atoms with E-state index in [2.05, 4.69) is 15.8 Å². The number of carbonyl (C=O) groups is 2. The van der Waals surface area contributed by atoms with Crippen LogP contribution in [-0.2, 0) is 11.2 Å². The maximum Gasteiger partial charge on any atom is 0.281 e. The fraction of sp³-hybridized carbons (Fsp3) is 0.150. The molecule has 1 aromatic heterocycles. The van der Waals surface area contributed by atoms with Crippen LogP contribution < -0.4 is 10.9 Å². The monoisotopic (exact) mass is 383 g/mol. The Balaban J connectivity index is 1.54. The summed E-state index contributed by atoms with van der Waals surface area (Å²) in [5, 5.41) is 0.751. The molecule has 0 aliphatic carbocycles. The fourth-order valence-corrected chi connectivity index (χ4v) is 3.43. The van der Waals surface area contributed by atoms with Gasteiger partial charge >= 0.3 is 0 Å². The van der Waals surface area contributed by atoms with Crippen molar-refractivity contribution < 1.29 is 14.0 Å². The molecule has 2 aromatic carbocycles. The standard InChI is InChI=1S/C20H18FN3O2S/c1-13-18(27-20(22-13)15-5-3-2-4-6-15)19(26)24-23-17(25)12-9-14-7-10-16(21)11-8-14/h2-8,10-11H,9,12H2,1H3,(H,23,25)(H,24,26). The lowest BCUT2D eigenvalue weighted by molar-refractivity contribution is -0.121. The van der Waals surface area contributed by atoms with Gasteiger partial charge in [-0.25, -0.2) is 9.37 Å². The van der Waals surface area contributed by atoms with Crippen LogP contribution in [0.1, 0.15) is 27.3 Å². The number of thiazole rings is 1. The van der Waals surface area contributed by atoms with E-state index >= 15 is 0 Å². The lowest BCUT2D eigenvalue weighted by atomic mass is 10.1. The van der Waals surface area contributed by atoms with Crippen molar-refractivity contribution >= 4 is 23.2 Å². The number of halogens is 1. The highest BCUT2D eigenvalue weighted by Gasteiger charge is 2.16. The lowest BCUT2D eigenvalue weighted by Crippen LogP contribution is -2.41. The minimum Gasteiger partial charge on any atom is -0.273 e. The molecular formula is C20H18FN3O2S. The average Bonchev–Trinajstić information content (AvgIpc) is 3.08. The molecular weight excluding hydrogens is 365 g/mol. The van der Waals surface area contributed by atoms with E-state index in [0.29, 0.717) is 17.0 Å². The summed E-state index contributed by atoms with van der Waals surface area (Å²) in [7, 11) is 0. The van der Waals surface area contributed by atoms with Gasteiger partial charge in [0, 0.05) is 12.0 Å². The van der Waals surface area contributed by atoms with Gasteiger partial charge in [-0.3, -0.25) is 20.4 Å². The average molecular weight is 383 g/mol. The van der Waals surface area contributed by atoms with Crippen molar-refractivity contribution in [2.75, 3.05) is 0 Å². The number of hydrazine groups is 1. The van der Waals surface area contributed by atoms with Crippen LogP contribution >= 0.6 is 11.3 Å². The molecule has 0 saturated carbocycles. The van der Waals surface area contributed by atoms with E-state index in [0.717, 1.165) is 16.1 Å². The van der Waals surface area contributed by atoms with Crippen LogP contribution in [-0.4, -0.2) is 16.8 Å². The van der Waals surface area contributed by atoms with Gasteiger partial charge in [-0.05, 0) is 31.0 Å². The van der Waals surface area contributed by atoms with Crippen molar-refractivity contribution in [2.24, 2.45) is 0 Å². The molecule has 2 N–H and O–H groups in total. The highest BCUT2D eigenvalue weighted by molar-refractivity contribution is 7.17. The molecule has 0 aliphatic rings. The number of hydrogen-bond donors (Lipinski definition) is 2. The number of nitrogens with one attached hydrogen (secondary N) is 2. The number of benzene rings is 2. The second kappa shape index (κ2) is 8.55. The van der Waals surface area contributed by atoms with Crippen molar-refractivity contribution in [1.29, 1.82) is 0 Å². The van der Waals surface area contributed by atoms with Crippen LogP contribution in [0.2, 0.25) is 0 Å². The number of hydrogen-bond acceptors (Lipinski definition) is 4. The summed E-state index contributed by atoms with van der Waals surface area (Å²) in [6.07, 6.45) is 0.641. The molecule has 138 valence electrons. The number of aryl methyl sites for hydroxylation is 2. The van der Waals surface area contributed by atoms with E-state index in [4.69, 9.17) is 0 Å². The molecule has 1 heterocycles. The largest absolute Gasteiger partial charge is 0.281 e. The SMILES string of the molecule is Cc1nc(-c2ccccc2)sc1C(=O)NNC(=O)CCc1ccc(F)cc1. The fourth-order valence-electron chi connectivity index (χ4n) is 2.47. The smallest absolute Gasteiger partial charge is 0.273 e. The van der Waals surface area contributed by atoms with Gasteiger partial charge in [0.1, 0.15) is 15.7 Å². The maximum atomic E-state index is 12.9. The predicted octanol–water partition coefficient (Wildman–Crippen LogP) is 3.65. The third kappa shape index (κ3) is 4.98. The van der Waals surface area contributed by atoms with Crippen LogP contribution in [0.4, 0.5) is 4.39 Å². The topological polar surface area (TPSA) is 71.1 Å². The Bertz CT molecular complexity index is 940. The van der Waals surface area contributed by atoms with Crippen molar-refractivity contribution in [3.8, 4) is 10.6 Å². The Morgan fingerprint density at radius 2 is 1.74 bits per heavy atom. The Morgan fingerprint density at radius 3 is 2.44 bits per heavy atom. The van der Waals surface area contributed by atoms with Gasteiger partial charge in [-0.15, -0.1) is 11.3 Å². The molecule has 0 atom stereocenters. The zero-order valence-electron chi connectivity index (χ0n) is 14.7. The highest BCUT2D eigenvalue weighted by atomic mass is 32.1. The summed E-state index contributed by atoms with van der Waals surface area (Å²) in [5.41, 5.74) is 7.22. The molecule has 5 nitrogen and oxygen atoms in total. The van der Waals surface area contributed by atoms with Gasteiger partial charge in [0.15, 0.2) is 0 Å². The molecule has 0 spiro atoms. The summed E-state index contributed by atoms with van der Waals surface area (Å²) in [6, 6.07) is 15.6. The summed E-state index contributed by atoms with van der Waals surface area (Å²) in [6.45, 7) is 1.76. The molecule has 0 unspecified atom stereocenters. The normalized spacial score (nSPS) is 10.4. The second-order valence-electron chi connectivity index (χ2n) is 5.93. The molecule has 2 amide bonds. The lowest BCUT2D eigenvalue weighted by Gasteiger charge is -2.06. The van der Waals surface area contributed by atoms with Gasteiger partial charge in [0.2, 0.25) is 5.91 Å². The van der Waals surface area contributed by atoms with E-state index in [1.54, 1.807) is 19.1 Å². The van der Waals surface area contributed by atoms with Crippen LogP contribution in [0, 0.1) is 12.7 Å². The van der Waals surface area contributed by atoms with E-state index in [1.165, 1.54) is 23.5 Å². The molecule has 0 fully saturated rings. The van der Waals surface area contributed by atoms with Gasteiger partial charge in [0.25, 0.3) is 5.91 Å². The number of aromatic nitrogens is 1. The van der Waals surface area contributed by atoms with Crippen molar-refractivity contribution in [3.63, 3.8) is 0 Å². The Kier molecular flexibility index (Phi) is 5.93. The molecule has 3 rings (SSSR count). The van der Waals surface area contributed by atoms with Crippen molar-refractivity contribution in [1.82, 2.24) is 15.8 Å². The molecule has 0 saturated heterocycles. The number of nitrogens with zero attached hydrogens (tertiary/aromatic N) is 1. The van der Waals surface area contributed by atoms with E-state index in [9.17, 15) is 14.0 Å². The van der Waals surface area contributed by atoms with Gasteiger partial charge < -0.3 is 0 Å². The van der Waals surface area contributed by atoms with Crippen LogP contribution in [0.15, 0.2) is 54.6 Å².